The Kier molecular flexibility index (Phi) is 7.25. The molecule has 158 valence electrons. The first-order valence-electron chi connectivity index (χ1n) is 10.5. The summed E-state index contributed by atoms with van der Waals surface area (Å²) in [6.45, 7) is 2.71. The van der Waals surface area contributed by atoms with E-state index in [4.69, 9.17) is 4.74 Å². The number of anilines is 1. The van der Waals surface area contributed by atoms with E-state index in [0.29, 0.717) is 24.4 Å². The molecule has 29 heavy (non-hydrogen) atoms. The molecule has 2 N–H and O–H groups in total. The Morgan fingerprint density at radius 1 is 1.21 bits per heavy atom. The molecule has 1 aromatic rings. The summed E-state index contributed by atoms with van der Waals surface area (Å²) in [4.78, 5) is 39.5. The number of methoxy groups -OCH3 is 1. The van der Waals surface area contributed by atoms with Crippen LogP contribution in [0.3, 0.4) is 0 Å². The first kappa shape index (κ1) is 21.3. The third-order valence-electron chi connectivity index (χ3n) is 5.84. The Balaban J connectivity index is 1.63. The van der Waals surface area contributed by atoms with Gasteiger partial charge in [0.2, 0.25) is 11.8 Å². The maximum absolute atomic E-state index is 12.8. The lowest BCUT2D eigenvalue weighted by molar-refractivity contribution is -0.130. The maximum Gasteiger partial charge on any atom is 0.253 e. The number of benzene rings is 1. The molecule has 1 aliphatic heterocycles. The number of carbonyl (C=O) groups is 3. The fourth-order valence-electron chi connectivity index (χ4n) is 4.20. The van der Waals surface area contributed by atoms with Gasteiger partial charge in [-0.3, -0.25) is 14.4 Å². The summed E-state index contributed by atoms with van der Waals surface area (Å²) in [5.41, 5.74) is 0.946. The zero-order valence-corrected chi connectivity index (χ0v) is 17.3. The van der Waals surface area contributed by atoms with E-state index in [0.717, 1.165) is 25.7 Å². The van der Waals surface area contributed by atoms with Crippen molar-refractivity contribution in [2.24, 2.45) is 5.92 Å². The van der Waals surface area contributed by atoms with Crippen LogP contribution in [0.4, 0.5) is 5.69 Å². The van der Waals surface area contributed by atoms with Gasteiger partial charge in [0.15, 0.2) is 0 Å². The molecular formula is C22H31N3O4. The van der Waals surface area contributed by atoms with Crippen LogP contribution in [-0.4, -0.2) is 55.0 Å². The van der Waals surface area contributed by atoms with Crippen LogP contribution in [0.15, 0.2) is 24.3 Å². The number of para-hydroxylation sites is 1. The Bertz CT molecular complexity index is 745. The molecule has 0 aromatic heterocycles. The smallest absolute Gasteiger partial charge is 0.253 e. The second-order valence-corrected chi connectivity index (χ2v) is 8.09. The fraction of sp³-hybridized carbons (Fsp3) is 0.591. The maximum atomic E-state index is 12.8. The largest absolute Gasteiger partial charge is 0.383 e. The van der Waals surface area contributed by atoms with Crippen LogP contribution in [-0.2, 0) is 14.3 Å². The number of hydrogen-bond donors (Lipinski definition) is 2. The topological polar surface area (TPSA) is 87.7 Å². The van der Waals surface area contributed by atoms with Crippen molar-refractivity contribution in [1.82, 2.24) is 10.2 Å². The number of nitrogens with zero attached hydrogens (tertiary/aromatic N) is 1. The number of hydrogen-bond acceptors (Lipinski definition) is 4. The van der Waals surface area contributed by atoms with Crippen LogP contribution in [0, 0.1) is 5.92 Å². The Labute approximate surface area is 172 Å². The molecule has 2 atom stereocenters. The molecule has 0 spiro atoms. The van der Waals surface area contributed by atoms with Crippen molar-refractivity contribution in [1.29, 1.82) is 0 Å². The molecular weight excluding hydrogens is 370 g/mol. The van der Waals surface area contributed by atoms with Gasteiger partial charge in [0.1, 0.15) is 0 Å². The number of ether oxygens (including phenoxy) is 1. The third-order valence-corrected chi connectivity index (χ3v) is 5.84. The van der Waals surface area contributed by atoms with E-state index >= 15 is 0 Å². The van der Waals surface area contributed by atoms with E-state index in [1.165, 1.54) is 6.42 Å². The van der Waals surface area contributed by atoms with Crippen LogP contribution in [0.5, 0.6) is 0 Å². The van der Waals surface area contributed by atoms with Crippen molar-refractivity contribution in [3.05, 3.63) is 29.8 Å². The second kappa shape index (κ2) is 9.87. The fourth-order valence-corrected chi connectivity index (χ4v) is 4.20. The molecule has 3 amide bonds. The molecule has 1 aromatic carbocycles. The van der Waals surface area contributed by atoms with Gasteiger partial charge in [0.05, 0.1) is 29.8 Å². The van der Waals surface area contributed by atoms with Gasteiger partial charge in [-0.25, -0.2) is 0 Å². The Morgan fingerprint density at radius 2 is 1.93 bits per heavy atom. The minimum Gasteiger partial charge on any atom is -0.383 e. The average Bonchev–Trinajstić information content (AvgIpc) is 3.11. The van der Waals surface area contributed by atoms with Gasteiger partial charge in [-0.2, -0.15) is 0 Å². The van der Waals surface area contributed by atoms with E-state index < -0.39 is 5.92 Å². The van der Waals surface area contributed by atoms with Crippen molar-refractivity contribution in [2.75, 3.05) is 25.6 Å². The molecule has 1 saturated heterocycles. The van der Waals surface area contributed by atoms with E-state index in [-0.39, 0.29) is 36.2 Å². The highest BCUT2D eigenvalue weighted by Gasteiger charge is 2.36. The first-order valence-corrected chi connectivity index (χ1v) is 10.5. The number of nitrogens with one attached hydrogen (secondary N) is 2. The second-order valence-electron chi connectivity index (χ2n) is 8.09. The molecule has 7 nitrogen and oxygen atoms in total. The number of amides is 3. The lowest BCUT2D eigenvalue weighted by Gasteiger charge is -2.24. The van der Waals surface area contributed by atoms with E-state index in [9.17, 15) is 14.4 Å². The quantitative estimate of drug-likeness (QED) is 0.735. The van der Waals surface area contributed by atoms with Crippen molar-refractivity contribution in [3.63, 3.8) is 0 Å². The van der Waals surface area contributed by atoms with Crippen LogP contribution in [0.25, 0.3) is 0 Å². The number of carbonyl (C=O) groups excluding carboxylic acids is 3. The summed E-state index contributed by atoms with van der Waals surface area (Å²) in [6, 6.07) is 7.16. The van der Waals surface area contributed by atoms with Crippen molar-refractivity contribution in [2.45, 2.75) is 57.5 Å². The number of rotatable bonds is 7. The van der Waals surface area contributed by atoms with Crippen LogP contribution in [0.1, 0.15) is 55.8 Å². The predicted octanol–water partition coefficient (Wildman–Crippen LogP) is 2.57. The molecule has 2 aliphatic rings. The minimum atomic E-state index is -0.434. The van der Waals surface area contributed by atoms with Gasteiger partial charge in [-0.05, 0) is 31.9 Å². The molecule has 0 radical (unpaired) electrons. The Hall–Kier alpha value is -2.41. The van der Waals surface area contributed by atoms with E-state index in [1.807, 2.05) is 6.92 Å². The predicted molar refractivity (Wildman–Crippen MR) is 111 cm³/mol. The van der Waals surface area contributed by atoms with E-state index in [2.05, 4.69) is 10.6 Å². The summed E-state index contributed by atoms with van der Waals surface area (Å²) < 4.78 is 5.12. The minimum absolute atomic E-state index is 0.0435. The first-order chi connectivity index (χ1) is 14.0. The highest BCUT2D eigenvalue weighted by atomic mass is 16.5. The lowest BCUT2D eigenvalue weighted by Crippen LogP contribution is -2.38. The molecule has 0 bridgehead atoms. The summed E-state index contributed by atoms with van der Waals surface area (Å²) >= 11 is 0. The van der Waals surface area contributed by atoms with Crippen molar-refractivity contribution >= 4 is 23.4 Å². The molecule has 7 heteroatoms. The summed E-state index contributed by atoms with van der Waals surface area (Å²) in [5, 5.41) is 5.97. The molecule has 2 fully saturated rings. The molecule has 1 heterocycles. The molecule has 1 aliphatic carbocycles. The zero-order valence-electron chi connectivity index (χ0n) is 17.3. The normalized spacial score (nSPS) is 21.1. The monoisotopic (exact) mass is 401 g/mol. The van der Waals surface area contributed by atoms with Gasteiger partial charge in [0, 0.05) is 26.1 Å². The SMILES string of the molecule is COC[C@@H](C)N1C[C@@H](C(=O)Nc2ccccc2C(=O)NC2CCCCC2)CC1=O. The highest BCUT2D eigenvalue weighted by Crippen LogP contribution is 2.24. The third kappa shape index (κ3) is 5.35. The van der Waals surface area contributed by atoms with Gasteiger partial charge >= 0.3 is 0 Å². The summed E-state index contributed by atoms with van der Waals surface area (Å²) in [7, 11) is 1.59. The van der Waals surface area contributed by atoms with Gasteiger partial charge in [-0.15, -0.1) is 0 Å². The molecule has 1 saturated carbocycles. The van der Waals surface area contributed by atoms with Crippen LogP contribution < -0.4 is 10.6 Å². The highest BCUT2D eigenvalue weighted by molar-refractivity contribution is 6.05. The summed E-state index contributed by atoms with van der Waals surface area (Å²) in [5.74, 6) is -0.872. The Morgan fingerprint density at radius 3 is 2.66 bits per heavy atom. The lowest BCUT2D eigenvalue weighted by atomic mass is 9.95. The van der Waals surface area contributed by atoms with Crippen molar-refractivity contribution < 1.29 is 19.1 Å². The average molecular weight is 402 g/mol. The van der Waals surface area contributed by atoms with Gasteiger partial charge < -0.3 is 20.3 Å². The molecule has 0 unspecified atom stereocenters. The van der Waals surface area contributed by atoms with Crippen LogP contribution in [0.2, 0.25) is 0 Å². The van der Waals surface area contributed by atoms with Gasteiger partial charge in [0.25, 0.3) is 5.91 Å². The number of likely N-dealkylation sites (tertiary alicyclic amines) is 1. The molecule has 3 rings (SSSR count). The summed E-state index contributed by atoms with van der Waals surface area (Å²) in [6.07, 6.45) is 5.67. The standard InChI is InChI=1S/C22H31N3O4/c1-15(14-29-2)25-13-16(12-20(25)26)21(27)24-19-11-7-6-10-18(19)22(28)23-17-8-4-3-5-9-17/h6-7,10-11,15-17H,3-5,8-9,12-14H2,1-2H3,(H,23,28)(H,24,27)/t15-,16+/m1/s1. The van der Waals surface area contributed by atoms with Gasteiger partial charge in [-0.1, -0.05) is 31.4 Å². The van der Waals surface area contributed by atoms with Crippen LogP contribution >= 0.6 is 0 Å². The van der Waals surface area contributed by atoms with E-state index in [1.54, 1.807) is 36.3 Å². The van der Waals surface area contributed by atoms with Crippen molar-refractivity contribution in [3.8, 4) is 0 Å². The zero-order chi connectivity index (χ0) is 20.8.